The van der Waals surface area contributed by atoms with E-state index in [2.05, 4.69) is 15.5 Å². The fourth-order valence-corrected chi connectivity index (χ4v) is 1.89. The Hall–Kier alpha value is -0.0600. The van der Waals surface area contributed by atoms with E-state index in [1.54, 1.807) is 0 Å². The molecule has 1 aromatic heterocycles. The summed E-state index contributed by atoms with van der Waals surface area (Å²) >= 11 is 17.2. The average Bonchev–Trinajstić information content (AvgIpc) is 2.62. The van der Waals surface area contributed by atoms with Gasteiger partial charge in [-0.3, -0.25) is 0 Å². The Morgan fingerprint density at radius 3 is 2.08 bits per heavy atom. The fraction of sp³-hybridized carbons (Fsp3) is 0.800. The van der Waals surface area contributed by atoms with Crippen molar-refractivity contribution in [3.63, 3.8) is 0 Å². The van der Waals surface area contributed by atoms with Gasteiger partial charge in [-0.1, -0.05) is 0 Å². The molecule has 0 aromatic carbocycles. The van der Waals surface area contributed by atoms with Gasteiger partial charge in [-0.05, 0) is 10.4 Å². The van der Waals surface area contributed by atoms with Gasteiger partial charge in [0.2, 0.25) is 0 Å². The van der Waals surface area contributed by atoms with Gasteiger partial charge in [-0.25, -0.2) is 4.68 Å². The molecule has 0 aliphatic rings. The molecular weight excluding hydrogens is 222 g/mol. The van der Waals surface area contributed by atoms with Crippen molar-refractivity contribution in [1.82, 2.24) is 20.2 Å². The van der Waals surface area contributed by atoms with Crippen LogP contribution in [0.1, 0.15) is 0 Å². The van der Waals surface area contributed by atoms with Crippen molar-refractivity contribution >= 4 is 34.8 Å². The van der Waals surface area contributed by atoms with E-state index < -0.39 is 5.54 Å². The van der Waals surface area contributed by atoms with Crippen LogP contribution in [0.25, 0.3) is 0 Å². The highest BCUT2D eigenvalue weighted by Gasteiger charge is 2.30. The minimum absolute atomic E-state index is 0.283. The maximum atomic E-state index is 5.73. The van der Waals surface area contributed by atoms with Crippen LogP contribution in [0.4, 0.5) is 0 Å². The van der Waals surface area contributed by atoms with Crippen molar-refractivity contribution < 1.29 is 0 Å². The average molecular weight is 229 g/mol. The Kier molecular flexibility index (Phi) is 3.55. The first-order chi connectivity index (χ1) is 5.79. The van der Waals surface area contributed by atoms with Crippen LogP contribution >= 0.6 is 34.8 Å². The summed E-state index contributed by atoms with van der Waals surface area (Å²) in [5.41, 5.74) is -0.575. The molecule has 0 unspecified atom stereocenters. The molecule has 0 saturated carbocycles. The maximum Gasteiger partial charge on any atom is 0.138 e. The second kappa shape index (κ2) is 4.25. The molecule has 0 radical (unpaired) electrons. The number of nitrogens with zero attached hydrogens (tertiary/aromatic N) is 4. The molecule has 0 atom stereocenters. The van der Waals surface area contributed by atoms with Crippen LogP contribution in [0.15, 0.2) is 6.33 Å². The van der Waals surface area contributed by atoms with Gasteiger partial charge >= 0.3 is 0 Å². The van der Waals surface area contributed by atoms with Crippen LogP contribution in [-0.2, 0) is 5.54 Å². The third kappa shape index (κ3) is 1.65. The Morgan fingerprint density at radius 1 is 1.17 bits per heavy atom. The molecule has 1 aromatic rings. The van der Waals surface area contributed by atoms with Crippen molar-refractivity contribution in [3.05, 3.63) is 6.33 Å². The van der Waals surface area contributed by atoms with Crippen LogP contribution in [0.5, 0.6) is 0 Å². The normalized spacial score (nSPS) is 11.9. The molecule has 1 heterocycles. The molecule has 0 amide bonds. The molecule has 4 nitrogen and oxygen atoms in total. The number of hydrogen-bond acceptors (Lipinski definition) is 3. The zero-order valence-corrected chi connectivity index (χ0v) is 8.39. The lowest BCUT2D eigenvalue weighted by Crippen LogP contribution is -2.40. The quantitative estimate of drug-likeness (QED) is 0.726. The molecule has 0 saturated heterocycles. The van der Waals surface area contributed by atoms with E-state index in [4.69, 9.17) is 34.8 Å². The molecule has 0 spiro atoms. The third-order valence-corrected chi connectivity index (χ3v) is 3.07. The van der Waals surface area contributed by atoms with Crippen molar-refractivity contribution in [2.45, 2.75) is 5.54 Å². The Balaban J connectivity index is 2.93. The zero-order valence-electron chi connectivity index (χ0n) is 6.12. The second-order valence-corrected chi connectivity index (χ2v) is 3.18. The lowest BCUT2D eigenvalue weighted by atomic mass is 10.1. The van der Waals surface area contributed by atoms with Crippen molar-refractivity contribution in [1.29, 1.82) is 0 Å². The van der Waals surface area contributed by atoms with Crippen LogP contribution < -0.4 is 0 Å². The van der Waals surface area contributed by atoms with Gasteiger partial charge in [0.25, 0.3) is 0 Å². The molecule has 0 bridgehead atoms. The summed E-state index contributed by atoms with van der Waals surface area (Å²) in [6.07, 6.45) is 1.45. The summed E-state index contributed by atoms with van der Waals surface area (Å²) < 4.78 is 1.49. The Morgan fingerprint density at radius 2 is 1.75 bits per heavy atom. The number of halogens is 3. The van der Waals surface area contributed by atoms with Crippen molar-refractivity contribution in [3.8, 4) is 0 Å². The molecule has 0 fully saturated rings. The van der Waals surface area contributed by atoms with E-state index in [0.717, 1.165) is 0 Å². The zero-order chi connectivity index (χ0) is 9.03. The monoisotopic (exact) mass is 228 g/mol. The first kappa shape index (κ1) is 10.0. The van der Waals surface area contributed by atoms with Crippen LogP contribution in [0, 0.1) is 0 Å². The molecule has 0 N–H and O–H groups in total. The SMILES string of the molecule is ClCC(CCl)(CCl)n1cnnn1. The van der Waals surface area contributed by atoms with E-state index in [9.17, 15) is 0 Å². The first-order valence-electron chi connectivity index (χ1n) is 3.20. The predicted octanol–water partition coefficient (Wildman–Crippen LogP) is 1.08. The standard InChI is InChI=1S/C5H7Cl3N4/c6-1-5(2-7,3-8)12-4-9-10-11-12/h4H,1-3H2. The summed E-state index contributed by atoms with van der Waals surface area (Å²) in [7, 11) is 0. The van der Waals surface area contributed by atoms with Gasteiger partial charge < -0.3 is 0 Å². The van der Waals surface area contributed by atoms with Crippen LogP contribution in [0.3, 0.4) is 0 Å². The largest absolute Gasteiger partial charge is 0.223 e. The molecule has 0 aliphatic heterocycles. The summed E-state index contributed by atoms with van der Waals surface area (Å²) in [5.74, 6) is 0.848. The highest BCUT2D eigenvalue weighted by atomic mass is 35.5. The number of aromatic nitrogens is 4. The summed E-state index contributed by atoms with van der Waals surface area (Å²) in [6, 6.07) is 0. The highest BCUT2D eigenvalue weighted by Crippen LogP contribution is 2.20. The number of alkyl halides is 3. The minimum atomic E-state index is -0.575. The number of hydrogen-bond donors (Lipinski definition) is 0. The van der Waals surface area contributed by atoms with E-state index in [1.807, 2.05) is 0 Å². The van der Waals surface area contributed by atoms with Gasteiger partial charge in [0.1, 0.15) is 11.9 Å². The summed E-state index contributed by atoms with van der Waals surface area (Å²) in [6.45, 7) is 0. The smallest absolute Gasteiger partial charge is 0.138 e. The molecule has 68 valence electrons. The van der Waals surface area contributed by atoms with Gasteiger partial charge in [-0.15, -0.1) is 39.9 Å². The molecule has 1 rings (SSSR count). The molecular formula is C5H7Cl3N4. The van der Waals surface area contributed by atoms with E-state index in [-0.39, 0.29) is 17.6 Å². The van der Waals surface area contributed by atoms with Crippen molar-refractivity contribution in [2.75, 3.05) is 17.6 Å². The van der Waals surface area contributed by atoms with Gasteiger partial charge in [-0.2, -0.15) is 0 Å². The minimum Gasteiger partial charge on any atom is -0.223 e. The van der Waals surface area contributed by atoms with E-state index >= 15 is 0 Å². The Bertz CT molecular complexity index is 212. The third-order valence-electron chi connectivity index (χ3n) is 1.58. The van der Waals surface area contributed by atoms with Crippen LogP contribution in [-0.4, -0.2) is 37.8 Å². The highest BCUT2D eigenvalue weighted by molar-refractivity contribution is 6.24. The lowest BCUT2D eigenvalue weighted by molar-refractivity contribution is 0.362. The topological polar surface area (TPSA) is 43.6 Å². The van der Waals surface area contributed by atoms with Crippen molar-refractivity contribution in [2.24, 2.45) is 0 Å². The first-order valence-corrected chi connectivity index (χ1v) is 4.81. The maximum absolute atomic E-state index is 5.73. The fourth-order valence-electron chi connectivity index (χ4n) is 0.669. The van der Waals surface area contributed by atoms with E-state index in [1.165, 1.54) is 11.0 Å². The van der Waals surface area contributed by atoms with E-state index in [0.29, 0.717) is 0 Å². The van der Waals surface area contributed by atoms with Gasteiger partial charge in [0.05, 0.1) is 17.6 Å². The Labute approximate surface area is 84.8 Å². The number of tetrazole rings is 1. The molecule has 0 aliphatic carbocycles. The second-order valence-electron chi connectivity index (χ2n) is 2.38. The molecule has 12 heavy (non-hydrogen) atoms. The molecule has 7 heteroatoms. The summed E-state index contributed by atoms with van der Waals surface area (Å²) in [4.78, 5) is 0. The van der Waals surface area contributed by atoms with Gasteiger partial charge in [0, 0.05) is 0 Å². The number of rotatable bonds is 4. The van der Waals surface area contributed by atoms with Crippen LogP contribution in [0.2, 0.25) is 0 Å². The van der Waals surface area contributed by atoms with Gasteiger partial charge in [0.15, 0.2) is 0 Å². The lowest BCUT2D eigenvalue weighted by Gasteiger charge is -2.25. The summed E-state index contributed by atoms with van der Waals surface area (Å²) in [5, 5.41) is 10.7. The predicted molar refractivity (Wildman–Crippen MR) is 48.0 cm³/mol.